The maximum atomic E-state index is 12.7. The largest absolute Gasteiger partial charge is 0.491 e. The van der Waals surface area contributed by atoms with E-state index in [4.69, 9.17) is 16.6 Å². The number of anilines is 1. The minimum absolute atomic E-state index is 0.214. The monoisotopic (exact) mass is 245 g/mol. The van der Waals surface area contributed by atoms with E-state index in [1.54, 1.807) is 11.4 Å². The van der Waals surface area contributed by atoms with Crippen molar-refractivity contribution in [1.29, 1.82) is 10.8 Å². The molecule has 0 saturated heterocycles. The van der Waals surface area contributed by atoms with Crippen LogP contribution in [0, 0.1) is 10.8 Å². The Bertz CT molecular complexity index is 414. The lowest BCUT2D eigenvalue weighted by atomic mass is 10.3. The first-order valence-corrected chi connectivity index (χ1v) is 4.44. The van der Waals surface area contributed by atoms with Crippen LogP contribution in [0.25, 0.3) is 0 Å². The standard InChI is InChI=1S/C9H10F3N5/c10-9(11,12)17(8(15)16-7(13)14)6-4-2-1-3-5-6/h1-5H,(H5,13,14,15,16). The quantitative estimate of drug-likeness (QED) is 0.343. The van der Waals surface area contributed by atoms with Crippen molar-refractivity contribution in [2.75, 3.05) is 4.90 Å². The van der Waals surface area contributed by atoms with Gasteiger partial charge in [-0.05, 0) is 12.1 Å². The average Bonchev–Trinajstić information content (AvgIpc) is 2.15. The van der Waals surface area contributed by atoms with Crippen molar-refractivity contribution in [3.63, 3.8) is 0 Å². The van der Waals surface area contributed by atoms with Crippen LogP contribution in [-0.2, 0) is 0 Å². The minimum Gasteiger partial charge on any atom is -0.370 e. The van der Waals surface area contributed by atoms with E-state index in [-0.39, 0.29) is 10.6 Å². The van der Waals surface area contributed by atoms with Crippen molar-refractivity contribution in [2.24, 2.45) is 5.73 Å². The van der Waals surface area contributed by atoms with Crippen LogP contribution in [0.15, 0.2) is 30.3 Å². The second-order valence-electron chi connectivity index (χ2n) is 3.03. The molecule has 0 atom stereocenters. The molecule has 17 heavy (non-hydrogen) atoms. The highest BCUT2D eigenvalue weighted by atomic mass is 19.4. The molecule has 0 spiro atoms. The van der Waals surface area contributed by atoms with Gasteiger partial charge in [-0.25, -0.2) is 4.90 Å². The van der Waals surface area contributed by atoms with Crippen LogP contribution in [-0.4, -0.2) is 18.2 Å². The summed E-state index contributed by atoms with van der Waals surface area (Å²) in [6.45, 7) is 0. The molecule has 0 bridgehead atoms. The Morgan fingerprint density at radius 2 is 1.71 bits per heavy atom. The van der Waals surface area contributed by atoms with E-state index < -0.39 is 18.2 Å². The summed E-state index contributed by atoms with van der Waals surface area (Å²) in [6, 6.07) is 6.78. The van der Waals surface area contributed by atoms with E-state index in [1.165, 1.54) is 24.3 Å². The van der Waals surface area contributed by atoms with Crippen LogP contribution in [0.1, 0.15) is 0 Å². The number of nitrogens with one attached hydrogen (secondary N) is 3. The highest BCUT2D eigenvalue weighted by molar-refractivity contribution is 6.03. The summed E-state index contributed by atoms with van der Waals surface area (Å²) < 4.78 is 38.2. The third-order valence-electron chi connectivity index (χ3n) is 1.74. The van der Waals surface area contributed by atoms with Gasteiger partial charge in [0.05, 0.1) is 5.69 Å². The predicted octanol–water partition coefficient (Wildman–Crippen LogP) is 1.43. The minimum atomic E-state index is -4.78. The Labute approximate surface area is 95.0 Å². The number of guanidine groups is 2. The third-order valence-corrected chi connectivity index (χ3v) is 1.74. The summed E-state index contributed by atoms with van der Waals surface area (Å²) >= 11 is 0. The van der Waals surface area contributed by atoms with Crippen molar-refractivity contribution in [1.82, 2.24) is 5.32 Å². The molecule has 0 amide bonds. The van der Waals surface area contributed by atoms with Gasteiger partial charge in [-0.1, -0.05) is 18.2 Å². The van der Waals surface area contributed by atoms with Crippen molar-refractivity contribution in [2.45, 2.75) is 6.30 Å². The summed E-state index contributed by atoms with van der Waals surface area (Å²) in [5.74, 6) is -1.77. The first kappa shape index (κ1) is 12.8. The van der Waals surface area contributed by atoms with E-state index in [2.05, 4.69) is 0 Å². The number of rotatable bonds is 1. The van der Waals surface area contributed by atoms with E-state index in [0.29, 0.717) is 0 Å². The second kappa shape index (κ2) is 4.73. The van der Waals surface area contributed by atoms with Crippen molar-refractivity contribution in [3.05, 3.63) is 30.3 Å². The van der Waals surface area contributed by atoms with Crippen LogP contribution in [0.3, 0.4) is 0 Å². The Kier molecular flexibility index (Phi) is 3.56. The highest BCUT2D eigenvalue weighted by Crippen LogP contribution is 2.27. The molecule has 5 nitrogen and oxygen atoms in total. The molecule has 0 unspecified atom stereocenters. The van der Waals surface area contributed by atoms with Crippen LogP contribution in [0.5, 0.6) is 0 Å². The molecular formula is C9H10F3N5. The first-order valence-electron chi connectivity index (χ1n) is 4.44. The molecule has 1 aromatic carbocycles. The van der Waals surface area contributed by atoms with E-state index >= 15 is 0 Å². The molecule has 1 rings (SSSR count). The van der Waals surface area contributed by atoms with Gasteiger partial charge in [0.1, 0.15) is 0 Å². The number of alkyl halides is 3. The summed E-state index contributed by atoms with van der Waals surface area (Å²) in [5, 5.41) is 15.9. The van der Waals surface area contributed by atoms with Gasteiger partial charge in [-0.2, -0.15) is 0 Å². The highest BCUT2D eigenvalue weighted by Gasteiger charge is 2.40. The van der Waals surface area contributed by atoms with Gasteiger partial charge in [-0.15, -0.1) is 13.2 Å². The molecule has 0 aliphatic heterocycles. The fourth-order valence-corrected chi connectivity index (χ4v) is 1.16. The van der Waals surface area contributed by atoms with Gasteiger partial charge in [0.2, 0.25) is 5.96 Å². The lowest BCUT2D eigenvalue weighted by Gasteiger charge is -2.27. The number of benzene rings is 1. The van der Waals surface area contributed by atoms with E-state index in [9.17, 15) is 13.2 Å². The number of nitrogens with zero attached hydrogens (tertiary/aromatic N) is 1. The molecule has 8 heteroatoms. The topological polar surface area (TPSA) is 89.0 Å². The predicted molar refractivity (Wildman–Crippen MR) is 57.8 cm³/mol. The molecule has 0 aromatic heterocycles. The van der Waals surface area contributed by atoms with Gasteiger partial charge < -0.3 is 5.73 Å². The molecule has 5 N–H and O–H groups in total. The van der Waals surface area contributed by atoms with Gasteiger partial charge in [0, 0.05) is 0 Å². The lowest BCUT2D eigenvalue weighted by molar-refractivity contribution is -0.118. The maximum Gasteiger partial charge on any atom is 0.491 e. The summed E-state index contributed by atoms with van der Waals surface area (Å²) in [6.07, 6.45) is -4.78. The van der Waals surface area contributed by atoms with Gasteiger partial charge >= 0.3 is 6.30 Å². The van der Waals surface area contributed by atoms with Crippen LogP contribution in [0.2, 0.25) is 0 Å². The van der Waals surface area contributed by atoms with Crippen molar-refractivity contribution in [3.8, 4) is 0 Å². The van der Waals surface area contributed by atoms with Gasteiger partial charge in [0.25, 0.3) is 0 Å². The summed E-state index contributed by atoms with van der Waals surface area (Å²) in [4.78, 5) is -0.214. The van der Waals surface area contributed by atoms with Crippen LogP contribution >= 0.6 is 0 Å². The van der Waals surface area contributed by atoms with Crippen LogP contribution in [0.4, 0.5) is 18.9 Å². The summed E-state index contributed by atoms with van der Waals surface area (Å²) in [7, 11) is 0. The molecule has 0 aliphatic rings. The Morgan fingerprint density at radius 3 is 2.12 bits per heavy atom. The molecule has 0 saturated carbocycles. The van der Waals surface area contributed by atoms with Crippen LogP contribution < -0.4 is 16.0 Å². The first-order chi connectivity index (χ1) is 7.82. The van der Waals surface area contributed by atoms with Gasteiger partial charge in [-0.3, -0.25) is 16.1 Å². The average molecular weight is 245 g/mol. The SMILES string of the molecule is N=C(N)NC(=N)N(c1ccccc1)C(F)(F)F. The smallest absolute Gasteiger partial charge is 0.370 e. The fraction of sp³-hybridized carbons (Fsp3) is 0.111. The fourth-order valence-electron chi connectivity index (χ4n) is 1.16. The van der Waals surface area contributed by atoms with Crippen molar-refractivity contribution < 1.29 is 13.2 Å². The number of para-hydroxylation sites is 1. The van der Waals surface area contributed by atoms with E-state index in [1.807, 2.05) is 0 Å². The molecule has 0 fully saturated rings. The zero-order valence-corrected chi connectivity index (χ0v) is 8.55. The normalized spacial score (nSPS) is 10.8. The Balaban J connectivity index is 3.06. The molecular weight excluding hydrogens is 235 g/mol. The molecule has 92 valence electrons. The number of nitrogens with two attached hydrogens (primary N) is 1. The zero-order chi connectivity index (χ0) is 13.1. The zero-order valence-electron chi connectivity index (χ0n) is 8.55. The second-order valence-corrected chi connectivity index (χ2v) is 3.03. The van der Waals surface area contributed by atoms with Gasteiger partial charge in [0.15, 0.2) is 5.96 Å². The molecule has 0 aliphatic carbocycles. The molecule has 1 aromatic rings. The van der Waals surface area contributed by atoms with Crippen molar-refractivity contribution >= 4 is 17.6 Å². The Hall–Kier alpha value is -2.25. The molecule has 0 radical (unpaired) electrons. The maximum absolute atomic E-state index is 12.7. The number of halogens is 3. The Morgan fingerprint density at radius 1 is 1.18 bits per heavy atom. The number of hydrogen-bond donors (Lipinski definition) is 4. The number of hydrogen-bond acceptors (Lipinski definition) is 2. The third kappa shape index (κ3) is 3.37. The molecule has 0 heterocycles. The lowest BCUT2D eigenvalue weighted by Crippen LogP contribution is -2.52. The summed E-state index contributed by atoms with van der Waals surface area (Å²) in [5.41, 5.74) is 4.65. The van der Waals surface area contributed by atoms with E-state index in [0.717, 1.165) is 0 Å².